The topological polar surface area (TPSA) is 119 Å². The van der Waals surface area contributed by atoms with Gasteiger partial charge in [0.15, 0.2) is 0 Å². The lowest BCUT2D eigenvalue weighted by molar-refractivity contribution is -0.134. The van der Waals surface area contributed by atoms with Crippen molar-refractivity contribution >= 4 is 23.5 Å². The standard InChI is InChI=1S/C20H25FN6O2/c21-15-4-2-1-3-13(15)10-20(18(28)24-14-5-7-29-8-6-14)11-27(12-20)17-9-16(22)25-19(23)26-17/h1-4,9,14H,5-8,10-12H2,(H,24,28)(H4,22,23,25,26). The van der Waals surface area contributed by atoms with Gasteiger partial charge in [0.1, 0.15) is 17.5 Å². The molecule has 1 aromatic carbocycles. The van der Waals surface area contributed by atoms with Crippen LogP contribution in [0.15, 0.2) is 30.3 Å². The fraction of sp³-hybridized carbons (Fsp3) is 0.450. The quantitative estimate of drug-likeness (QED) is 0.688. The average Bonchev–Trinajstić information content (AvgIpc) is 2.65. The summed E-state index contributed by atoms with van der Waals surface area (Å²) in [5.74, 6) is 0.542. The number of nitrogens with one attached hydrogen (secondary N) is 1. The van der Waals surface area contributed by atoms with Crippen LogP contribution < -0.4 is 21.7 Å². The van der Waals surface area contributed by atoms with Crippen LogP contribution in [0, 0.1) is 11.2 Å². The molecule has 4 rings (SSSR count). The Morgan fingerprint density at radius 3 is 2.66 bits per heavy atom. The van der Waals surface area contributed by atoms with E-state index in [0.717, 1.165) is 12.8 Å². The van der Waals surface area contributed by atoms with E-state index in [1.54, 1.807) is 24.3 Å². The van der Waals surface area contributed by atoms with Crippen molar-refractivity contribution < 1.29 is 13.9 Å². The van der Waals surface area contributed by atoms with E-state index < -0.39 is 5.41 Å². The second-order valence-corrected chi connectivity index (χ2v) is 7.77. The van der Waals surface area contributed by atoms with E-state index in [9.17, 15) is 9.18 Å². The lowest BCUT2D eigenvalue weighted by Crippen LogP contribution is -2.65. The first kappa shape index (κ1) is 19.4. The molecule has 1 aromatic heterocycles. The van der Waals surface area contributed by atoms with Gasteiger partial charge in [0, 0.05) is 38.4 Å². The minimum absolute atomic E-state index is 0.0705. The van der Waals surface area contributed by atoms with E-state index in [2.05, 4.69) is 15.3 Å². The molecule has 2 fully saturated rings. The molecule has 8 nitrogen and oxygen atoms in total. The van der Waals surface area contributed by atoms with Crippen LogP contribution >= 0.6 is 0 Å². The summed E-state index contributed by atoms with van der Waals surface area (Å²) in [6.45, 7) is 2.06. The van der Waals surface area contributed by atoms with Gasteiger partial charge in [-0.25, -0.2) is 4.39 Å². The van der Waals surface area contributed by atoms with Gasteiger partial charge < -0.3 is 26.4 Å². The Bertz CT molecular complexity index is 876. The van der Waals surface area contributed by atoms with Crippen LogP contribution in [0.2, 0.25) is 0 Å². The molecule has 2 aliphatic heterocycles. The minimum Gasteiger partial charge on any atom is -0.383 e. The molecule has 0 saturated carbocycles. The van der Waals surface area contributed by atoms with Crippen LogP contribution in [0.3, 0.4) is 0 Å². The van der Waals surface area contributed by atoms with Gasteiger partial charge in [0.2, 0.25) is 11.9 Å². The van der Waals surface area contributed by atoms with Gasteiger partial charge in [-0.3, -0.25) is 4.79 Å². The monoisotopic (exact) mass is 400 g/mol. The molecule has 2 aromatic rings. The maximum atomic E-state index is 14.3. The lowest BCUT2D eigenvalue weighted by Gasteiger charge is -2.50. The number of carbonyl (C=O) groups is 1. The molecule has 3 heterocycles. The van der Waals surface area contributed by atoms with Crippen molar-refractivity contribution in [3.05, 3.63) is 41.7 Å². The first-order chi connectivity index (χ1) is 13.9. The zero-order valence-corrected chi connectivity index (χ0v) is 16.1. The summed E-state index contributed by atoms with van der Waals surface area (Å²) in [6, 6.07) is 8.27. The van der Waals surface area contributed by atoms with Crippen molar-refractivity contribution in [2.24, 2.45) is 5.41 Å². The number of nitrogens with zero attached hydrogens (tertiary/aromatic N) is 3. The van der Waals surface area contributed by atoms with Gasteiger partial charge in [0.25, 0.3) is 0 Å². The summed E-state index contributed by atoms with van der Waals surface area (Å²) >= 11 is 0. The van der Waals surface area contributed by atoms with E-state index >= 15 is 0 Å². The smallest absolute Gasteiger partial charge is 0.230 e. The highest BCUT2D eigenvalue weighted by atomic mass is 19.1. The van der Waals surface area contributed by atoms with E-state index in [1.165, 1.54) is 6.07 Å². The Hall–Kier alpha value is -2.94. The number of ether oxygens (including phenoxy) is 1. The lowest BCUT2D eigenvalue weighted by atomic mass is 9.73. The van der Waals surface area contributed by atoms with Gasteiger partial charge in [-0.2, -0.15) is 9.97 Å². The predicted octanol–water partition coefficient (Wildman–Crippen LogP) is 1.12. The molecule has 0 atom stereocenters. The molecule has 154 valence electrons. The Morgan fingerprint density at radius 2 is 1.97 bits per heavy atom. The highest BCUT2D eigenvalue weighted by Crippen LogP contribution is 2.38. The second kappa shape index (κ2) is 7.82. The van der Waals surface area contributed by atoms with Gasteiger partial charge in [-0.15, -0.1) is 0 Å². The normalized spacial score (nSPS) is 18.9. The highest BCUT2D eigenvalue weighted by Gasteiger charge is 2.50. The number of nitrogen functional groups attached to an aromatic ring is 2. The number of hydrogen-bond acceptors (Lipinski definition) is 7. The van der Waals surface area contributed by atoms with Crippen molar-refractivity contribution in [3.8, 4) is 0 Å². The average molecular weight is 400 g/mol. The summed E-state index contributed by atoms with van der Waals surface area (Å²) < 4.78 is 19.7. The van der Waals surface area contributed by atoms with Crippen molar-refractivity contribution in [3.63, 3.8) is 0 Å². The third-order valence-corrected chi connectivity index (χ3v) is 5.59. The molecular formula is C20H25FN6O2. The third kappa shape index (κ3) is 4.09. The summed E-state index contributed by atoms with van der Waals surface area (Å²) in [5, 5.41) is 3.15. The Kier molecular flexibility index (Phi) is 5.23. The van der Waals surface area contributed by atoms with Crippen molar-refractivity contribution in [2.75, 3.05) is 42.7 Å². The first-order valence-corrected chi connectivity index (χ1v) is 9.72. The Morgan fingerprint density at radius 1 is 1.24 bits per heavy atom. The second-order valence-electron chi connectivity index (χ2n) is 7.77. The predicted molar refractivity (Wildman–Crippen MR) is 108 cm³/mol. The third-order valence-electron chi connectivity index (χ3n) is 5.59. The van der Waals surface area contributed by atoms with Crippen LogP contribution in [-0.2, 0) is 16.0 Å². The molecule has 0 bridgehead atoms. The zero-order chi connectivity index (χ0) is 20.4. The van der Waals surface area contributed by atoms with Crippen molar-refractivity contribution in [2.45, 2.75) is 25.3 Å². The molecule has 29 heavy (non-hydrogen) atoms. The van der Waals surface area contributed by atoms with E-state index in [0.29, 0.717) is 44.1 Å². The van der Waals surface area contributed by atoms with E-state index in [1.807, 2.05) is 4.90 Å². The molecule has 2 saturated heterocycles. The van der Waals surface area contributed by atoms with Gasteiger partial charge >= 0.3 is 0 Å². The molecule has 0 radical (unpaired) electrons. The SMILES string of the molecule is Nc1cc(N2CC(Cc3ccccc3F)(C(=O)NC3CCOCC3)C2)nc(N)n1. The van der Waals surface area contributed by atoms with Crippen LogP contribution in [0.25, 0.3) is 0 Å². The number of nitrogens with two attached hydrogens (primary N) is 2. The number of carbonyl (C=O) groups excluding carboxylic acids is 1. The molecule has 0 spiro atoms. The molecule has 5 N–H and O–H groups in total. The maximum absolute atomic E-state index is 14.3. The fourth-order valence-corrected chi connectivity index (χ4v) is 4.00. The molecule has 1 amide bonds. The number of benzene rings is 1. The maximum Gasteiger partial charge on any atom is 0.230 e. The number of hydrogen-bond donors (Lipinski definition) is 3. The number of amides is 1. The Labute approximate surface area is 168 Å². The first-order valence-electron chi connectivity index (χ1n) is 9.72. The number of anilines is 3. The Balaban J connectivity index is 1.55. The van der Waals surface area contributed by atoms with Crippen LogP contribution in [0.5, 0.6) is 0 Å². The molecule has 9 heteroatoms. The van der Waals surface area contributed by atoms with Crippen molar-refractivity contribution in [1.29, 1.82) is 0 Å². The van der Waals surface area contributed by atoms with Crippen molar-refractivity contribution in [1.82, 2.24) is 15.3 Å². The van der Waals surface area contributed by atoms with Gasteiger partial charge in [-0.1, -0.05) is 18.2 Å². The summed E-state index contributed by atoms with van der Waals surface area (Å²) in [7, 11) is 0. The largest absolute Gasteiger partial charge is 0.383 e. The van der Waals surface area contributed by atoms with E-state index in [4.69, 9.17) is 16.2 Å². The van der Waals surface area contributed by atoms with Crippen LogP contribution in [0.1, 0.15) is 18.4 Å². The fourth-order valence-electron chi connectivity index (χ4n) is 4.00. The van der Waals surface area contributed by atoms with Crippen LogP contribution in [0.4, 0.5) is 22.0 Å². The summed E-state index contributed by atoms with van der Waals surface area (Å²) in [6.07, 6.45) is 1.87. The minimum atomic E-state index is -0.755. The number of halogens is 1. The van der Waals surface area contributed by atoms with Gasteiger partial charge in [0.05, 0.1) is 5.41 Å². The molecule has 0 aliphatic carbocycles. The zero-order valence-electron chi connectivity index (χ0n) is 16.1. The summed E-state index contributed by atoms with van der Waals surface area (Å²) in [4.78, 5) is 23.3. The number of aromatic nitrogens is 2. The number of rotatable bonds is 5. The van der Waals surface area contributed by atoms with Gasteiger partial charge in [-0.05, 0) is 30.9 Å². The highest BCUT2D eigenvalue weighted by molar-refractivity contribution is 5.87. The molecular weight excluding hydrogens is 375 g/mol. The molecule has 0 unspecified atom stereocenters. The van der Waals surface area contributed by atoms with Crippen LogP contribution in [-0.4, -0.2) is 48.2 Å². The summed E-state index contributed by atoms with van der Waals surface area (Å²) in [5.41, 5.74) is 11.2. The van der Waals surface area contributed by atoms with E-state index in [-0.39, 0.29) is 29.5 Å². The molecule has 2 aliphatic rings.